The van der Waals surface area contributed by atoms with Gasteiger partial charge in [0.25, 0.3) is 0 Å². The second kappa shape index (κ2) is 8.46. The van der Waals surface area contributed by atoms with Crippen LogP contribution in [-0.2, 0) is 11.2 Å². The summed E-state index contributed by atoms with van der Waals surface area (Å²) < 4.78 is 5.78. The van der Waals surface area contributed by atoms with Crippen molar-refractivity contribution in [1.82, 2.24) is 4.90 Å². The van der Waals surface area contributed by atoms with Crippen LogP contribution in [0.4, 0.5) is 10.5 Å². The molecule has 2 aromatic rings. The van der Waals surface area contributed by atoms with Gasteiger partial charge < -0.3 is 9.84 Å². The van der Waals surface area contributed by atoms with Crippen molar-refractivity contribution in [3.05, 3.63) is 60.2 Å². The molecule has 0 aromatic heterocycles. The number of carbonyl (C=O) groups is 1. The number of anilines is 1. The molecule has 2 aromatic carbocycles. The Morgan fingerprint density at radius 1 is 1.03 bits per heavy atom. The zero-order valence-electron chi connectivity index (χ0n) is 17.8. The summed E-state index contributed by atoms with van der Waals surface area (Å²) in [6, 6.07) is 16.9. The first kappa shape index (κ1) is 21.2. The third-order valence-corrected chi connectivity index (χ3v) is 5.81. The van der Waals surface area contributed by atoms with Crippen molar-refractivity contribution in [2.45, 2.75) is 64.1 Å². The van der Waals surface area contributed by atoms with Gasteiger partial charge in [0.15, 0.2) is 0 Å². The van der Waals surface area contributed by atoms with Crippen molar-refractivity contribution in [3.63, 3.8) is 0 Å². The van der Waals surface area contributed by atoms with E-state index in [2.05, 4.69) is 37.9 Å². The van der Waals surface area contributed by atoms with E-state index >= 15 is 0 Å². The topological polar surface area (TPSA) is 61.8 Å². The molecule has 0 bridgehead atoms. The maximum absolute atomic E-state index is 12.4. The molecule has 0 saturated carbocycles. The number of piperidine rings is 1. The number of phenolic OH excluding ortho intramolecular Hbond substituents is 1. The Morgan fingerprint density at radius 3 is 2.24 bits per heavy atom. The molecule has 1 amide bonds. The fourth-order valence-corrected chi connectivity index (χ4v) is 4.69. The van der Waals surface area contributed by atoms with Gasteiger partial charge in [0.1, 0.15) is 11.9 Å². The standard InChI is InChI=1S/C24H32N2O3/c1-23(2)16-20(29-22(28)25-19-11-6-5-7-12-19)17-24(3,4)26(23)15-14-18-10-8-9-13-21(18)27/h5-13,20,27H,14-17H2,1-4H3,(H,25,28). The van der Waals surface area contributed by atoms with Gasteiger partial charge in [0, 0.05) is 36.2 Å². The van der Waals surface area contributed by atoms with Crippen LogP contribution in [0.1, 0.15) is 46.1 Å². The third-order valence-electron chi connectivity index (χ3n) is 5.81. The van der Waals surface area contributed by atoms with Crippen molar-refractivity contribution in [1.29, 1.82) is 0 Å². The lowest BCUT2D eigenvalue weighted by molar-refractivity contribution is -0.0809. The van der Waals surface area contributed by atoms with Crippen molar-refractivity contribution < 1.29 is 14.6 Å². The van der Waals surface area contributed by atoms with E-state index in [0.717, 1.165) is 37.1 Å². The van der Waals surface area contributed by atoms with Crippen LogP contribution < -0.4 is 5.32 Å². The maximum atomic E-state index is 12.4. The number of hydrogen-bond donors (Lipinski definition) is 2. The number of phenols is 1. The molecular formula is C24H32N2O3. The Balaban J connectivity index is 1.63. The number of aromatic hydroxyl groups is 1. The van der Waals surface area contributed by atoms with Crippen molar-refractivity contribution in [3.8, 4) is 5.75 Å². The number of ether oxygens (including phenoxy) is 1. The largest absolute Gasteiger partial charge is 0.508 e. The smallest absolute Gasteiger partial charge is 0.411 e. The van der Waals surface area contributed by atoms with Gasteiger partial charge in [-0.3, -0.25) is 10.2 Å². The zero-order valence-corrected chi connectivity index (χ0v) is 17.8. The SMILES string of the molecule is CC1(C)CC(OC(=O)Nc2ccccc2)CC(C)(C)N1CCc1ccccc1O. The van der Waals surface area contributed by atoms with Crippen LogP contribution in [-0.4, -0.2) is 39.8 Å². The molecule has 0 spiro atoms. The minimum Gasteiger partial charge on any atom is -0.508 e. The third kappa shape index (κ3) is 5.30. The Bertz CT molecular complexity index is 815. The van der Waals surface area contributed by atoms with E-state index < -0.39 is 6.09 Å². The molecule has 0 radical (unpaired) electrons. The average Bonchev–Trinajstić information content (AvgIpc) is 2.62. The van der Waals surface area contributed by atoms with Crippen molar-refractivity contribution in [2.24, 2.45) is 0 Å². The molecule has 2 N–H and O–H groups in total. The number of nitrogens with zero attached hydrogens (tertiary/aromatic N) is 1. The van der Waals surface area contributed by atoms with Crippen LogP contribution in [0, 0.1) is 0 Å². The summed E-state index contributed by atoms with van der Waals surface area (Å²) in [6.45, 7) is 9.63. The second-order valence-corrected chi connectivity index (χ2v) is 9.08. The highest BCUT2D eigenvalue weighted by Gasteiger charge is 2.46. The lowest BCUT2D eigenvalue weighted by Gasteiger charge is -2.55. The summed E-state index contributed by atoms with van der Waals surface area (Å²) in [5.41, 5.74) is 1.42. The van der Waals surface area contributed by atoms with Crippen molar-refractivity contribution >= 4 is 11.8 Å². The predicted molar refractivity (Wildman–Crippen MR) is 116 cm³/mol. The van der Waals surface area contributed by atoms with E-state index in [4.69, 9.17) is 4.74 Å². The average molecular weight is 397 g/mol. The minimum absolute atomic E-state index is 0.135. The molecule has 1 saturated heterocycles. The minimum atomic E-state index is -0.407. The number of likely N-dealkylation sites (tertiary alicyclic amines) is 1. The molecule has 5 heteroatoms. The summed E-state index contributed by atoms with van der Waals surface area (Å²) >= 11 is 0. The maximum Gasteiger partial charge on any atom is 0.411 e. The molecule has 0 unspecified atom stereocenters. The van der Waals surface area contributed by atoms with Gasteiger partial charge in [-0.15, -0.1) is 0 Å². The van der Waals surface area contributed by atoms with E-state index in [-0.39, 0.29) is 17.2 Å². The molecule has 1 fully saturated rings. The molecule has 3 rings (SSSR count). The highest BCUT2D eigenvalue weighted by Crippen LogP contribution is 2.40. The van der Waals surface area contributed by atoms with Crippen LogP contribution in [0.15, 0.2) is 54.6 Å². The van der Waals surface area contributed by atoms with E-state index in [9.17, 15) is 9.90 Å². The van der Waals surface area contributed by atoms with Gasteiger partial charge >= 0.3 is 6.09 Å². The molecule has 0 aliphatic carbocycles. The number of para-hydroxylation sites is 2. The molecule has 5 nitrogen and oxygen atoms in total. The Morgan fingerprint density at radius 2 is 1.62 bits per heavy atom. The van der Waals surface area contributed by atoms with E-state index in [1.54, 1.807) is 6.07 Å². The fraction of sp³-hybridized carbons (Fsp3) is 0.458. The first-order valence-corrected chi connectivity index (χ1v) is 10.2. The Labute approximate surface area is 173 Å². The lowest BCUT2D eigenvalue weighted by atomic mass is 9.78. The van der Waals surface area contributed by atoms with Crippen molar-refractivity contribution in [2.75, 3.05) is 11.9 Å². The number of carbonyl (C=O) groups excluding carboxylic acids is 1. The number of nitrogens with one attached hydrogen (secondary N) is 1. The highest BCUT2D eigenvalue weighted by atomic mass is 16.6. The quantitative estimate of drug-likeness (QED) is 0.729. The predicted octanol–water partition coefficient (Wildman–Crippen LogP) is 5.21. The molecular weight excluding hydrogens is 364 g/mol. The van der Waals surface area contributed by atoms with E-state index in [1.807, 2.05) is 48.5 Å². The first-order valence-electron chi connectivity index (χ1n) is 10.2. The lowest BCUT2D eigenvalue weighted by Crippen LogP contribution is -2.62. The monoisotopic (exact) mass is 396 g/mol. The van der Waals surface area contributed by atoms with Gasteiger partial charge in [-0.25, -0.2) is 4.79 Å². The molecule has 156 valence electrons. The van der Waals surface area contributed by atoms with Crippen LogP contribution in [0.3, 0.4) is 0 Å². The normalized spacial score (nSPS) is 18.9. The second-order valence-electron chi connectivity index (χ2n) is 9.08. The number of rotatable bonds is 5. The van der Waals surface area contributed by atoms with Gasteiger partial charge in [-0.2, -0.15) is 0 Å². The number of amides is 1. The summed E-state index contributed by atoms with van der Waals surface area (Å²) in [5.74, 6) is 0.346. The Hall–Kier alpha value is -2.53. The Kier molecular flexibility index (Phi) is 6.18. The van der Waals surface area contributed by atoms with Gasteiger partial charge in [0.05, 0.1) is 0 Å². The van der Waals surface area contributed by atoms with Crippen LogP contribution in [0.5, 0.6) is 5.75 Å². The van der Waals surface area contributed by atoms with E-state index in [1.165, 1.54) is 0 Å². The van der Waals surface area contributed by atoms with Gasteiger partial charge in [-0.1, -0.05) is 36.4 Å². The van der Waals surface area contributed by atoms with E-state index in [0.29, 0.717) is 5.75 Å². The molecule has 1 aliphatic heterocycles. The number of hydrogen-bond acceptors (Lipinski definition) is 4. The molecule has 1 heterocycles. The summed E-state index contributed by atoms with van der Waals surface area (Å²) in [6.07, 6.45) is 1.75. The first-order chi connectivity index (χ1) is 13.7. The van der Waals surface area contributed by atoms with Crippen LogP contribution in [0.2, 0.25) is 0 Å². The molecule has 29 heavy (non-hydrogen) atoms. The van der Waals surface area contributed by atoms with Crippen LogP contribution >= 0.6 is 0 Å². The zero-order chi connectivity index (χ0) is 21.1. The highest BCUT2D eigenvalue weighted by molar-refractivity contribution is 5.84. The summed E-state index contributed by atoms with van der Waals surface area (Å²) in [5, 5.41) is 12.9. The fourth-order valence-electron chi connectivity index (χ4n) is 4.69. The summed E-state index contributed by atoms with van der Waals surface area (Å²) in [4.78, 5) is 14.8. The van der Waals surface area contributed by atoms with Gasteiger partial charge in [0.2, 0.25) is 0 Å². The number of benzene rings is 2. The molecule has 1 aliphatic rings. The van der Waals surface area contributed by atoms with Crippen LogP contribution in [0.25, 0.3) is 0 Å². The molecule has 0 atom stereocenters. The summed E-state index contributed by atoms with van der Waals surface area (Å²) in [7, 11) is 0. The van der Waals surface area contributed by atoms with Gasteiger partial charge in [-0.05, 0) is 57.9 Å².